The highest BCUT2D eigenvalue weighted by Crippen LogP contribution is 2.24. The number of fused-ring (bicyclic) bond motifs is 2. The average Bonchev–Trinajstić information content (AvgIpc) is 3.50. The second-order valence-corrected chi connectivity index (χ2v) is 13.2. The Balaban J connectivity index is 0.000000195. The Hall–Kier alpha value is -4.82. The van der Waals surface area contributed by atoms with Gasteiger partial charge in [-0.25, -0.2) is 37.3 Å². The van der Waals surface area contributed by atoms with Crippen LogP contribution in [0, 0.1) is 0 Å². The van der Waals surface area contributed by atoms with Crippen LogP contribution in [0.4, 0.5) is 10.5 Å². The number of aromatic nitrogens is 6. The summed E-state index contributed by atoms with van der Waals surface area (Å²) in [4.78, 5) is 47.7. The number of carboxylic acids is 1. The standard InChI is InChI=1S/C18H18Cl2N4O3.C14H9Cl2N3O3/c1-18(2,3)27-16(25)21-12-5-7-15-22-24(17(26)23(15)10-12)9-11-4-6-13(19)14(20)8-11;15-10-3-1-8(5-11(10)16)6-19-14(22)18-7-9(13(20)21)2-4-12(18)17-19/h4-8,10H,9H2,1-3H3,(H,21,25);1-5,7H,6H2,(H,20,21). The van der Waals surface area contributed by atoms with Crippen molar-refractivity contribution < 1.29 is 19.4 Å². The maximum Gasteiger partial charge on any atom is 0.412 e. The average molecular weight is 747 g/mol. The van der Waals surface area contributed by atoms with Gasteiger partial charge in [0, 0.05) is 12.4 Å². The van der Waals surface area contributed by atoms with Gasteiger partial charge >= 0.3 is 23.4 Å². The van der Waals surface area contributed by atoms with Crippen LogP contribution in [0.3, 0.4) is 0 Å². The molecule has 0 bridgehead atoms. The van der Waals surface area contributed by atoms with E-state index in [0.29, 0.717) is 37.1 Å². The number of nitrogens with zero attached hydrogens (tertiary/aromatic N) is 6. The van der Waals surface area contributed by atoms with Crippen LogP contribution in [-0.4, -0.2) is 51.1 Å². The van der Waals surface area contributed by atoms with Crippen molar-refractivity contribution in [3.05, 3.63) is 131 Å². The van der Waals surface area contributed by atoms with Crippen LogP contribution in [-0.2, 0) is 17.8 Å². The van der Waals surface area contributed by atoms with Crippen LogP contribution >= 0.6 is 46.4 Å². The molecule has 1 amide bonds. The molecule has 4 heterocycles. The molecule has 0 fully saturated rings. The van der Waals surface area contributed by atoms with Crippen LogP contribution in [0.15, 0.2) is 82.6 Å². The summed E-state index contributed by atoms with van der Waals surface area (Å²) in [5.41, 5.74) is 1.44. The van der Waals surface area contributed by atoms with E-state index in [-0.39, 0.29) is 24.3 Å². The number of nitrogens with one attached hydrogen (secondary N) is 1. The van der Waals surface area contributed by atoms with Gasteiger partial charge in [0.15, 0.2) is 11.3 Å². The summed E-state index contributed by atoms with van der Waals surface area (Å²) in [6.07, 6.45) is 2.15. The van der Waals surface area contributed by atoms with Gasteiger partial charge in [-0.05, 0) is 80.4 Å². The number of carboxylic acid groups (broad SMARTS) is 1. The largest absolute Gasteiger partial charge is 0.478 e. The quantitative estimate of drug-likeness (QED) is 0.190. The Kier molecular flexibility index (Phi) is 10.4. The lowest BCUT2D eigenvalue weighted by atomic mass is 10.2. The van der Waals surface area contributed by atoms with E-state index in [1.165, 1.54) is 42.7 Å². The minimum absolute atomic E-state index is 0.0173. The van der Waals surface area contributed by atoms with Crippen molar-refractivity contribution in [2.45, 2.75) is 39.5 Å². The predicted octanol–water partition coefficient (Wildman–Crippen LogP) is 6.75. The van der Waals surface area contributed by atoms with E-state index in [1.807, 2.05) is 0 Å². The van der Waals surface area contributed by atoms with Crippen LogP contribution in [0.2, 0.25) is 20.1 Å². The Morgan fingerprint density at radius 3 is 1.69 bits per heavy atom. The first kappa shape index (κ1) is 35.5. The van der Waals surface area contributed by atoms with E-state index in [0.717, 1.165) is 11.1 Å². The Bertz CT molecular complexity index is 2340. The summed E-state index contributed by atoms with van der Waals surface area (Å²) in [5.74, 6) is -1.11. The number of benzene rings is 2. The number of hydrogen-bond acceptors (Lipinski definition) is 7. The van der Waals surface area contributed by atoms with Crippen LogP contribution in [0.1, 0.15) is 42.3 Å². The van der Waals surface area contributed by atoms with E-state index in [4.69, 9.17) is 56.2 Å². The van der Waals surface area contributed by atoms with Gasteiger partial charge in [-0.2, -0.15) is 0 Å². The van der Waals surface area contributed by atoms with Gasteiger partial charge in [0.25, 0.3) is 0 Å². The normalized spacial score (nSPS) is 11.3. The van der Waals surface area contributed by atoms with Crippen molar-refractivity contribution in [1.82, 2.24) is 28.4 Å². The highest BCUT2D eigenvalue weighted by molar-refractivity contribution is 6.42. The van der Waals surface area contributed by atoms with Gasteiger partial charge in [-0.1, -0.05) is 58.5 Å². The zero-order valence-electron chi connectivity index (χ0n) is 26.0. The molecule has 0 spiro atoms. The molecule has 2 N–H and O–H groups in total. The zero-order chi connectivity index (χ0) is 35.6. The summed E-state index contributed by atoms with van der Waals surface area (Å²) >= 11 is 23.7. The van der Waals surface area contributed by atoms with Crippen molar-refractivity contribution in [2.24, 2.45) is 0 Å². The summed E-state index contributed by atoms with van der Waals surface area (Å²) in [7, 11) is 0. The highest BCUT2D eigenvalue weighted by atomic mass is 35.5. The number of anilines is 1. The van der Waals surface area contributed by atoms with Gasteiger partial charge in [0.1, 0.15) is 5.60 Å². The molecule has 254 valence electrons. The molecule has 2 aromatic carbocycles. The summed E-state index contributed by atoms with van der Waals surface area (Å²) < 4.78 is 10.3. The molecule has 0 atom stereocenters. The molecule has 13 nitrogen and oxygen atoms in total. The number of halogens is 4. The van der Waals surface area contributed by atoms with Crippen LogP contribution < -0.4 is 16.7 Å². The third-order valence-corrected chi connectivity index (χ3v) is 8.16. The number of hydrogen-bond donors (Lipinski definition) is 2. The molecule has 0 saturated carbocycles. The molecule has 49 heavy (non-hydrogen) atoms. The van der Waals surface area contributed by atoms with Crippen molar-refractivity contribution in [3.8, 4) is 0 Å². The van der Waals surface area contributed by atoms with E-state index in [9.17, 15) is 19.2 Å². The Morgan fingerprint density at radius 1 is 0.735 bits per heavy atom. The molecular formula is C32H27Cl4N7O6. The zero-order valence-corrected chi connectivity index (χ0v) is 29.0. The van der Waals surface area contributed by atoms with Gasteiger partial charge in [-0.15, -0.1) is 10.2 Å². The third-order valence-electron chi connectivity index (χ3n) is 6.68. The first-order valence-corrected chi connectivity index (χ1v) is 15.9. The molecule has 0 aliphatic carbocycles. The number of carbonyl (C=O) groups is 2. The monoisotopic (exact) mass is 745 g/mol. The molecule has 4 aromatic heterocycles. The van der Waals surface area contributed by atoms with Gasteiger partial charge < -0.3 is 9.84 Å². The molecule has 0 radical (unpaired) electrons. The molecule has 6 aromatic rings. The fraction of sp³-hybridized carbons (Fsp3) is 0.188. The third kappa shape index (κ3) is 8.62. The van der Waals surface area contributed by atoms with E-state index >= 15 is 0 Å². The SMILES string of the molecule is CC(C)(C)OC(=O)Nc1ccc2nn(Cc3ccc(Cl)c(Cl)c3)c(=O)n2c1.O=C(O)c1ccc2nn(Cc3ccc(Cl)c(Cl)c3)c(=O)n2c1. The lowest BCUT2D eigenvalue weighted by Crippen LogP contribution is -2.27. The number of amides is 1. The Morgan fingerprint density at radius 2 is 1.22 bits per heavy atom. The van der Waals surface area contributed by atoms with Gasteiger partial charge in [0.05, 0.1) is 44.4 Å². The first-order chi connectivity index (χ1) is 23.1. The van der Waals surface area contributed by atoms with E-state index < -0.39 is 23.4 Å². The lowest BCUT2D eigenvalue weighted by Gasteiger charge is -2.19. The number of pyridine rings is 2. The smallest absolute Gasteiger partial charge is 0.412 e. The number of aromatic carboxylic acids is 1. The maximum absolute atomic E-state index is 12.6. The van der Waals surface area contributed by atoms with Crippen molar-refractivity contribution >= 4 is 75.4 Å². The molecule has 0 aliphatic heterocycles. The maximum atomic E-state index is 12.6. The van der Waals surface area contributed by atoms with Crippen LogP contribution in [0.25, 0.3) is 11.3 Å². The van der Waals surface area contributed by atoms with Gasteiger partial charge in [-0.3, -0.25) is 5.32 Å². The topological polar surface area (TPSA) is 154 Å². The molecule has 17 heteroatoms. The molecular weight excluding hydrogens is 720 g/mol. The van der Waals surface area contributed by atoms with Crippen LogP contribution in [0.5, 0.6) is 0 Å². The molecule has 0 unspecified atom stereocenters. The van der Waals surface area contributed by atoms with Crippen molar-refractivity contribution in [1.29, 1.82) is 0 Å². The summed E-state index contributed by atoms with van der Waals surface area (Å²) in [6, 6.07) is 16.3. The number of rotatable bonds is 6. The number of ether oxygens (including phenoxy) is 1. The fourth-order valence-corrected chi connectivity index (χ4v) is 5.13. The van der Waals surface area contributed by atoms with Crippen molar-refractivity contribution in [2.75, 3.05) is 5.32 Å². The molecule has 0 saturated heterocycles. The molecule has 6 rings (SSSR count). The summed E-state index contributed by atoms with van der Waals surface area (Å²) in [6.45, 7) is 5.76. The van der Waals surface area contributed by atoms with Gasteiger partial charge in [0.2, 0.25) is 0 Å². The second kappa shape index (κ2) is 14.3. The Labute approximate surface area is 297 Å². The molecule has 0 aliphatic rings. The second-order valence-electron chi connectivity index (χ2n) is 11.6. The van der Waals surface area contributed by atoms with E-state index in [2.05, 4.69) is 15.5 Å². The fourth-order valence-electron chi connectivity index (χ4n) is 4.49. The summed E-state index contributed by atoms with van der Waals surface area (Å²) in [5, 5.41) is 21.7. The highest BCUT2D eigenvalue weighted by Gasteiger charge is 2.17. The first-order valence-electron chi connectivity index (χ1n) is 14.4. The number of carbonyl (C=O) groups excluding carboxylic acids is 1. The minimum atomic E-state index is -1.11. The van der Waals surface area contributed by atoms with E-state index in [1.54, 1.807) is 69.3 Å². The lowest BCUT2D eigenvalue weighted by molar-refractivity contribution is 0.0634. The van der Waals surface area contributed by atoms with Crippen molar-refractivity contribution in [3.63, 3.8) is 0 Å². The minimum Gasteiger partial charge on any atom is -0.478 e. The predicted molar refractivity (Wildman–Crippen MR) is 187 cm³/mol.